The van der Waals surface area contributed by atoms with Gasteiger partial charge in [0.05, 0.1) is 17.6 Å². The van der Waals surface area contributed by atoms with E-state index in [2.05, 4.69) is 15.2 Å². The Balaban J connectivity index is 1.92. The molecule has 3 rings (SSSR count). The summed E-state index contributed by atoms with van der Waals surface area (Å²) in [7, 11) is 1.53. The molecule has 130 valence electrons. The van der Waals surface area contributed by atoms with Gasteiger partial charge < -0.3 is 9.26 Å². The fourth-order valence-corrected chi connectivity index (χ4v) is 2.69. The normalized spacial score (nSPS) is 10.9. The van der Waals surface area contributed by atoms with Crippen LogP contribution in [-0.4, -0.2) is 32.0 Å². The van der Waals surface area contributed by atoms with Crippen molar-refractivity contribution in [2.24, 2.45) is 0 Å². The van der Waals surface area contributed by atoms with Crippen molar-refractivity contribution in [3.05, 3.63) is 50.6 Å². The van der Waals surface area contributed by atoms with E-state index in [0.717, 1.165) is 0 Å². The summed E-state index contributed by atoms with van der Waals surface area (Å²) in [6.07, 6.45) is 0. The summed E-state index contributed by atoms with van der Waals surface area (Å²) < 4.78 is 12.0. The second-order valence-corrected chi connectivity index (χ2v) is 5.73. The topological polar surface area (TPSA) is 109 Å². The molecule has 1 aromatic carbocycles. The number of nitrogens with zero attached hydrogens (tertiary/aromatic N) is 5. The van der Waals surface area contributed by atoms with E-state index >= 15 is 0 Å². The summed E-state index contributed by atoms with van der Waals surface area (Å²) in [5, 5.41) is 19.7. The summed E-state index contributed by atoms with van der Waals surface area (Å²) in [5.74, 6) is 1.13. The Morgan fingerprint density at radius 1 is 1.40 bits per heavy atom. The minimum Gasteiger partial charge on any atom is -0.496 e. The fraction of sp³-hybridized carbons (Fsp3) is 0.267. The van der Waals surface area contributed by atoms with E-state index in [1.165, 1.54) is 11.8 Å². The molecule has 0 saturated heterocycles. The van der Waals surface area contributed by atoms with E-state index in [0.29, 0.717) is 33.5 Å². The van der Waals surface area contributed by atoms with Gasteiger partial charge >= 0.3 is 5.69 Å². The first-order valence-electron chi connectivity index (χ1n) is 7.25. The highest BCUT2D eigenvalue weighted by atomic mass is 35.5. The fourth-order valence-electron chi connectivity index (χ4n) is 2.52. The molecule has 0 radical (unpaired) electrons. The van der Waals surface area contributed by atoms with Crippen LogP contribution in [-0.2, 0) is 6.54 Å². The Morgan fingerprint density at radius 2 is 2.16 bits per heavy atom. The Kier molecular flexibility index (Phi) is 4.41. The third-order valence-corrected chi connectivity index (χ3v) is 3.92. The highest BCUT2D eigenvalue weighted by Crippen LogP contribution is 2.31. The van der Waals surface area contributed by atoms with E-state index in [4.69, 9.17) is 20.9 Å². The molecular weight excluding hydrogens is 350 g/mol. The average molecular weight is 364 g/mol. The van der Waals surface area contributed by atoms with Gasteiger partial charge in [-0.2, -0.15) is 10.1 Å². The number of rotatable bonds is 5. The quantitative estimate of drug-likeness (QED) is 0.505. The van der Waals surface area contributed by atoms with Crippen molar-refractivity contribution in [2.45, 2.75) is 20.4 Å². The number of aromatic nitrogens is 4. The second-order valence-electron chi connectivity index (χ2n) is 5.29. The highest BCUT2D eigenvalue weighted by molar-refractivity contribution is 6.30. The molecule has 0 amide bonds. The number of ether oxygens (including phenoxy) is 1. The predicted molar refractivity (Wildman–Crippen MR) is 88.8 cm³/mol. The van der Waals surface area contributed by atoms with Gasteiger partial charge in [0, 0.05) is 5.02 Å². The molecule has 0 fully saturated rings. The van der Waals surface area contributed by atoms with Crippen LogP contribution in [0.4, 0.5) is 5.69 Å². The maximum Gasteiger partial charge on any atom is 0.312 e. The molecule has 0 aliphatic carbocycles. The van der Waals surface area contributed by atoms with E-state index in [9.17, 15) is 10.1 Å². The lowest BCUT2D eigenvalue weighted by molar-refractivity contribution is -0.386. The number of hydrogen-bond acceptors (Lipinski definition) is 7. The SMILES string of the molecule is COc1ccc(Cl)cc1-c1noc(Cn2nc(C)c([N+](=O)[O-])c2C)n1. The van der Waals surface area contributed by atoms with Crippen molar-refractivity contribution in [2.75, 3.05) is 7.11 Å². The first kappa shape index (κ1) is 16.9. The van der Waals surface area contributed by atoms with E-state index < -0.39 is 4.92 Å². The lowest BCUT2D eigenvalue weighted by Gasteiger charge is -2.04. The Bertz CT molecular complexity index is 950. The largest absolute Gasteiger partial charge is 0.496 e. The van der Waals surface area contributed by atoms with Gasteiger partial charge in [-0.3, -0.25) is 14.8 Å². The molecule has 2 aromatic heterocycles. The molecule has 0 saturated carbocycles. The monoisotopic (exact) mass is 363 g/mol. The van der Waals surface area contributed by atoms with Crippen molar-refractivity contribution in [1.82, 2.24) is 19.9 Å². The molecule has 25 heavy (non-hydrogen) atoms. The Labute approximate surface area is 147 Å². The number of halogens is 1. The first-order chi connectivity index (χ1) is 11.9. The number of hydrogen-bond donors (Lipinski definition) is 0. The van der Waals surface area contributed by atoms with Gasteiger partial charge in [-0.25, -0.2) is 0 Å². The van der Waals surface area contributed by atoms with Gasteiger partial charge in [-0.05, 0) is 32.0 Å². The van der Waals surface area contributed by atoms with Crippen molar-refractivity contribution in [1.29, 1.82) is 0 Å². The number of nitro groups is 1. The first-order valence-corrected chi connectivity index (χ1v) is 7.63. The summed E-state index contributed by atoms with van der Waals surface area (Å²) in [5.41, 5.74) is 1.32. The average Bonchev–Trinajstić information content (AvgIpc) is 3.12. The van der Waals surface area contributed by atoms with Crippen LogP contribution in [0.25, 0.3) is 11.4 Å². The van der Waals surface area contributed by atoms with Gasteiger partial charge in [0.1, 0.15) is 23.7 Å². The summed E-state index contributed by atoms with van der Waals surface area (Å²) in [4.78, 5) is 14.9. The molecular formula is C15H14ClN5O4. The summed E-state index contributed by atoms with van der Waals surface area (Å²) in [6.45, 7) is 3.32. The molecule has 10 heteroatoms. The molecule has 9 nitrogen and oxygen atoms in total. The molecule has 0 aliphatic heterocycles. The molecule has 0 bridgehead atoms. The van der Waals surface area contributed by atoms with E-state index in [-0.39, 0.29) is 18.1 Å². The number of aryl methyl sites for hydroxylation is 1. The number of benzene rings is 1. The zero-order valence-electron chi connectivity index (χ0n) is 13.7. The lowest BCUT2D eigenvalue weighted by Crippen LogP contribution is -2.04. The molecule has 0 unspecified atom stereocenters. The molecule has 0 aliphatic rings. The number of methoxy groups -OCH3 is 1. The van der Waals surface area contributed by atoms with Gasteiger partial charge in [0.25, 0.3) is 0 Å². The van der Waals surface area contributed by atoms with Crippen LogP contribution in [0.2, 0.25) is 5.02 Å². The molecule has 2 heterocycles. The van der Waals surface area contributed by atoms with Gasteiger partial charge in [-0.15, -0.1) is 0 Å². The minimum atomic E-state index is -0.454. The van der Waals surface area contributed by atoms with Gasteiger partial charge in [-0.1, -0.05) is 16.8 Å². The molecule has 0 atom stereocenters. The molecule has 0 spiro atoms. The maximum atomic E-state index is 11.1. The van der Waals surface area contributed by atoms with Crippen molar-refractivity contribution >= 4 is 17.3 Å². The summed E-state index contributed by atoms with van der Waals surface area (Å²) in [6, 6.07) is 5.07. The minimum absolute atomic E-state index is 0.0174. The predicted octanol–water partition coefficient (Wildman–Crippen LogP) is 3.17. The van der Waals surface area contributed by atoms with Crippen molar-refractivity contribution < 1.29 is 14.2 Å². The smallest absolute Gasteiger partial charge is 0.312 e. The van der Waals surface area contributed by atoms with Crippen LogP contribution in [0.15, 0.2) is 22.7 Å². The van der Waals surface area contributed by atoms with Crippen LogP contribution in [0.5, 0.6) is 5.75 Å². The second kappa shape index (κ2) is 6.52. The third kappa shape index (κ3) is 3.18. The van der Waals surface area contributed by atoms with Crippen LogP contribution in [0.3, 0.4) is 0 Å². The van der Waals surface area contributed by atoms with Gasteiger partial charge in [0.15, 0.2) is 0 Å². The molecule has 0 N–H and O–H groups in total. The van der Waals surface area contributed by atoms with Crippen LogP contribution >= 0.6 is 11.6 Å². The standard InChI is InChI=1S/C15H14ClN5O4/c1-8-14(21(22)23)9(2)20(18-8)7-13-17-15(19-25-13)11-6-10(16)4-5-12(11)24-3/h4-6H,7H2,1-3H3. The zero-order valence-corrected chi connectivity index (χ0v) is 14.4. The van der Waals surface area contributed by atoms with Gasteiger partial charge in [0.2, 0.25) is 11.7 Å². The summed E-state index contributed by atoms with van der Waals surface area (Å²) >= 11 is 6.01. The van der Waals surface area contributed by atoms with Crippen molar-refractivity contribution in [3.8, 4) is 17.1 Å². The third-order valence-electron chi connectivity index (χ3n) is 3.68. The highest BCUT2D eigenvalue weighted by Gasteiger charge is 2.23. The Hall–Kier alpha value is -2.94. The Morgan fingerprint density at radius 3 is 2.80 bits per heavy atom. The maximum absolute atomic E-state index is 11.1. The van der Waals surface area contributed by atoms with Crippen molar-refractivity contribution in [3.63, 3.8) is 0 Å². The van der Waals surface area contributed by atoms with Crippen LogP contribution in [0, 0.1) is 24.0 Å². The van der Waals surface area contributed by atoms with Crippen LogP contribution in [0.1, 0.15) is 17.3 Å². The zero-order chi connectivity index (χ0) is 18.1. The lowest BCUT2D eigenvalue weighted by atomic mass is 10.2. The van der Waals surface area contributed by atoms with E-state index in [1.807, 2.05) is 0 Å². The van der Waals surface area contributed by atoms with Crippen LogP contribution < -0.4 is 4.74 Å². The molecule has 3 aromatic rings. The van der Waals surface area contributed by atoms with E-state index in [1.54, 1.807) is 32.0 Å².